The van der Waals surface area contributed by atoms with Crippen LogP contribution in [0.5, 0.6) is 23.0 Å². The third-order valence-corrected chi connectivity index (χ3v) is 6.10. The average molecular weight is 559 g/mol. The summed E-state index contributed by atoms with van der Waals surface area (Å²) in [7, 11) is 0. The van der Waals surface area contributed by atoms with E-state index in [1.165, 1.54) is 0 Å². The van der Waals surface area contributed by atoms with Gasteiger partial charge < -0.3 is 18.9 Å². The van der Waals surface area contributed by atoms with E-state index < -0.39 is 0 Å². The van der Waals surface area contributed by atoms with Crippen LogP contribution in [0, 0.1) is 0 Å². The number of benzene rings is 4. The molecule has 0 atom stereocenters. The maximum atomic E-state index is 12.8. The quantitative estimate of drug-likeness (QED) is 0.140. The molecule has 8 heteroatoms. The summed E-state index contributed by atoms with van der Waals surface area (Å²) in [4.78, 5) is 12.8. The highest BCUT2D eigenvalue weighted by atomic mass is 35.5. The lowest BCUT2D eigenvalue weighted by Gasteiger charge is -2.13. The van der Waals surface area contributed by atoms with Crippen molar-refractivity contribution in [2.45, 2.75) is 27.1 Å². The SMILES string of the molecule is CCOc1cc(C(=O)N/N=C/c2ccc(OCc3ccccc3Cl)c(OCC)c2)ccc1OCc1ccccc1. The Morgan fingerprint density at radius 1 is 0.750 bits per heavy atom. The Morgan fingerprint density at radius 3 is 2.12 bits per heavy atom. The third kappa shape index (κ3) is 8.01. The predicted molar refractivity (Wildman–Crippen MR) is 157 cm³/mol. The fourth-order valence-electron chi connectivity index (χ4n) is 3.77. The summed E-state index contributed by atoms with van der Waals surface area (Å²) in [5.41, 5.74) is 5.60. The van der Waals surface area contributed by atoms with Gasteiger partial charge in [0, 0.05) is 16.1 Å². The summed E-state index contributed by atoms with van der Waals surface area (Å²) < 4.78 is 23.3. The summed E-state index contributed by atoms with van der Waals surface area (Å²) in [5, 5.41) is 4.76. The van der Waals surface area contributed by atoms with Gasteiger partial charge in [-0.1, -0.05) is 60.1 Å². The number of carbonyl (C=O) groups excluding carboxylic acids is 1. The first kappa shape index (κ1) is 28.5. The maximum absolute atomic E-state index is 12.8. The largest absolute Gasteiger partial charge is 0.490 e. The van der Waals surface area contributed by atoms with Gasteiger partial charge in [0.05, 0.1) is 19.4 Å². The molecule has 4 aromatic carbocycles. The van der Waals surface area contributed by atoms with Gasteiger partial charge in [-0.25, -0.2) is 5.43 Å². The van der Waals surface area contributed by atoms with E-state index in [9.17, 15) is 4.79 Å². The zero-order valence-electron chi connectivity index (χ0n) is 22.4. The fraction of sp³-hybridized carbons (Fsp3) is 0.188. The van der Waals surface area contributed by atoms with E-state index >= 15 is 0 Å². The molecule has 1 amide bonds. The number of halogens is 1. The van der Waals surface area contributed by atoms with Gasteiger partial charge in [0.25, 0.3) is 5.91 Å². The molecular weight excluding hydrogens is 528 g/mol. The van der Waals surface area contributed by atoms with Crippen LogP contribution >= 0.6 is 11.6 Å². The van der Waals surface area contributed by atoms with E-state index in [1.807, 2.05) is 74.5 Å². The summed E-state index contributed by atoms with van der Waals surface area (Å²) in [5.74, 6) is 1.82. The van der Waals surface area contributed by atoms with Crippen LogP contribution in [-0.2, 0) is 13.2 Å². The summed E-state index contributed by atoms with van der Waals surface area (Å²) in [6.07, 6.45) is 1.54. The molecule has 40 heavy (non-hydrogen) atoms. The Balaban J connectivity index is 1.39. The number of nitrogens with one attached hydrogen (secondary N) is 1. The Kier molecular flexibility index (Phi) is 10.4. The Bertz CT molecular complexity index is 1440. The first-order valence-corrected chi connectivity index (χ1v) is 13.3. The average Bonchev–Trinajstić information content (AvgIpc) is 2.97. The van der Waals surface area contributed by atoms with Crippen molar-refractivity contribution in [1.82, 2.24) is 5.43 Å². The maximum Gasteiger partial charge on any atom is 0.271 e. The summed E-state index contributed by atoms with van der Waals surface area (Å²) >= 11 is 6.24. The number of hydrogen-bond acceptors (Lipinski definition) is 6. The molecule has 0 spiro atoms. The third-order valence-electron chi connectivity index (χ3n) is 5.73. The molecule has 0 saturated carbocycles. The van der Waals surface area contributed by atoms with Gasteiger partial charge in [0.15, 0.2) is 23.0 Å². The molecule has 0 aliphatic rings. The van der Waals surface area contributed by atoms with E-state index in [4.69, 9.17) is 30.5 Å². The topological polar surface area (TPSA) is 78.4 Å². The number of nitrogens with zero attached hydrogens (tertiary/aromatic N) is 1. The monoisotopic (exact) mass is 558 g/mol. The van der Waals surface area contributed by atoms with Gasteiger partial charge in [-0.15, -0.1) is 0 Å². The number of hydrogen-bond donors (Lipinski definition) is 1. The highest BCUT2D eigenvalue weighted by Gasteiger charge is 2.12. The molecule has 0 unspecified atom stereocenters. The zero-order chi connectivity index (χ0) is 28.2. The van der Waals surface area contributed by atoms with E-state index in [2.05, 4.69) is 10.5 Å². The van der Waals surface area contributed by atoms with Crippen molar-refractivity contribution < 1.29 is 23.7 Å². The first-order valence-electron chi connectivity index (χ1n) is 13.0. The van der Waals surface area contributed by atoms with Crippen LogP contribution in [0.2, 0.25) is 5.02 Å². The molecule has 0 saturated heterocycles. The fourth-order valence-corrected chi connectivity index (χ4v) is 3.96. The molecule has 206 valence electrons. The predicted octanol–water partition coefficient (Wildman–Crippen LogP) is 7.06. The van der Waals surface area contributed by atoms with Crippen LogP contribution in [0.4, 0.5) is 0 Å². The van der Waals surface area contributed by atoms with Gasteiger partial charge in [-0.05, 0) is 67.4 Å². The lowest BCUT2D eigenvalue weighted by molar-refractivity contribution is 0.0954. The van der Waals surface area contributed by atoms with Crippen molar-refractivity contribution in [2.24, 2.45) is 5.10 Å². The number of hydrazone groups is 1. The molecule has 4 rings (SSSR count). The van der Waals surface area contributed by atoms with Crippen molar-refractivity contribution in [3.63, 3.8) is 0 Å². The Labute approximate surface area is 239 Å². The lowest BCUT2D eigenvalue weighted by atomic mass is 10.2. The molecule has 0 aliphatic carbocycles. The molecule has 0 aliphatic heterocycles. The van der Waals surface area contributed by atoms with Crippen molar-refractivity contribution in [3.8, 4) is 23.0 Å². The molecule has 7 nitrogen and oxygen atoms in total. The normalized spacial score (nSPS) is 10.8. The first-order chi connectivity index (χ1) is 19.6. The Hall–Kier alpha value is -4.49. The summed E-state index contributed by atoms with van der Waals surface area (Å²) in [6, 6.07) is 27.8. The van der Waals surface area contributed by atoms with Gasteiger partial charge in [-0.2, -0.15) is 5.10 Å². The molecule has 0 bridgehead atoms. The van der Waals surface area contributed by atoms with E-state index in [1.54, 1.807) is 36.5 Å². The van der Waals surface area contributed by atoms with Gasteiger partial charge >= 0.3 is 0 Å². The van der Waals surface area contributed by atoms with Crippen LogP contribution in [0.1, 0.15) is 40.9 Å². The van der Waals surface area contributed by atoms with Crippen molar-refractivity contribution in [2.75, 3.05) is 13.2 Å². The number of carbonyl (C=O) groups is 1. The second-order valence-corrected chi connectivity index (χ2v) is 8.99. The molecule has 1 N–H and O–H groups in total. The Morgan fingerprint density at radius 2 is 1.40 bits per heavy atom. The van der Waals surface area contributed by atoms with Crippen molar-refractivity contribution >= 4 is 23.7 Å². The van der Waals surface area contributed by atoms with Crippen molar-refractivity contribution in [3.05, 3.63) is 118 Å². The van der Waals surface area contributed by atoms with Gasteiger partial charge in [-0.3, -0.25) is 4.79 Å². The number of amides is 1. The molecule has 0 heterocycles. The lowest BCUT2D eigenvalue weighted by Crippen LogP contribution is -2.17. The number of rotatable bonds is 13. The van der Waals surface area contributed by atoms with E-state index in [0.717, 1.165) is 16.7 Å². The minimum absolute atomic E-state index is 0.309. The minimum Gasteiger partial charge on any atom is -0.490 e. The smallest absolute Gasteiger partial charge is 0.271 e. The van der Waals surface area contributed by atoms with Crippen molar-refractivity contribution in [1.29, 1.82) is 0 Å². The van der Waals surface area contributed by atoms with Crippen LogP contribution in [-0.4, -0.2) is 25.3 Å². The molecular formula is C32H31ClN2O5. The van der Waals surface area contributed by atoms with E-state index in [-0.39, 0.29) is 5.91 Å². The standard InChI is InChI=1S/C32H31ClN2O5/c1-3-37-30-18-24(14-16-28(30)40-22-26-12-8-9-13-27(26)33)20-34-35-32(36)25-15-17-29(31(19-25)38-4-2)39-21-23-10-6-5-7-11-23/h5-20H,3-4,21-22H2,1-2H3,(H,35,36)/b34-20+. The minimum atomic E-state index is -0.378. The van der Waals surface area contributed by atoms with E-state index in [0.29, 0.717) is 60.0 Å². The number of ether oxygens (including phenoxy) is 4. The van der Waals surface area contributed by atoms with Crippen LogP contribution in [0.15, 0.2) is 96.1 Å². The second kappa shape index (κ2) is 14.6. The molecule has 4 aromatic rings. The highest BCUT2D eigenvalue weighted by Crippen LogP contribution is 2.31. The highest BCUT2D eigenvalue weighted by molar-refractivity contribution is 6.31. The van der Waals surface area contributed by atoms with Crippen LogP contribution < -0.4 is 24.4 Å². The second-order valence-electron chi connectivity index (χ2n) is 8.59. The zero-order valence-corrected chi connectivity index (χ0v) is 23.2. The molecule has 0 fully saturated rings. The van der Waals surface area contributed by atoms with Crippen LogP contribution in [0.25, 0.3) is 0 Å². The molecule has 0 radical (unpaired) electrons. The van der Waals surface area contributed by atoms with Gasteiger partial charge in [0.1, 0.15) is 13.2 Å². The van der Waals surface area contributed by atoms with Crippen LogP contribution in [0.3, 0.4) is 0 Å². The summed E-state index contributed by atoms with van der Waals surface area (Å²) in [6.45, 7) is 5.38. The molecule has 0 aromatic heterocycles. The van der Waals surface area contributed by atoms with Gasteiger partial charge in [0.2, 0.25) is 0 Å².